The van der Waals surface area contributed by atoms with Crippen LogP contribution in [-0.4, -0.2) is 22.4 Å². The Morgan fingerprint density at radius 1 is 1.33 bits per heavy atom. The normalized spacial score (nSPS) is 11.1. The minimum absolute atomic E-state index is 0.112. The molecule has 3 rings (SSSR count). The first-order chi connectivity index (χ1) is 11.5. The Labute approximate surface area is 141 Å². The largest absolute Gasteiger partial charge is 0.455 e. The summed E-state index contributed by atoms with van der Waals surface area (Å²) in [4.78, 5) is 11.7. The molecule has 1 aromatic carbocycles. The molecule has 3 aromatic rings. The van der Waals surface area contributed by atoms with Gasteiger partial charge < -0.3 is 10.2 Å². The van der Waals surface area contributed by atoms with E-state index in [0.29, 0.717) is 16.5 Å². The van der Waals surface area contributed by atoms with E-state index in [1.807, 2.05) is 25.1 Å². The molecule has 2 heterocycles. The number of furan rings is 1. The number of benzene rings is 1. The van der Waals surface area contributed by atoms with Crippen molar-refractivity contribution in [2.24, 2.45) is 5.10 Å². The summed E-state index contributed by atoms with van der Waals surface area (Å²) in [5.74, 6) is 0.337. The van der Waals surface area contributed by atoms with Crippen LogP contribution in [0, 0.1) is 6.92 Å². The molecule has 2 aromatic heterocycles. The molecule has 122 valence electrons. The molecule has 1 amide bonds. The summed E-state index contributed by atoms with van der Waals surface area (Å²) < 4.78 is 9.96. The second-order valence-electron chi connectivity index (χ2n) is 4.86. The van der Waals surface area contributed by atoms with Gasteiger partial charge in [0.05, 0.1) is 6.21 Å². The molecular weight excluding hydrogens is 334 g/mol. The number of hydrazone groups is 1. The fourth-order valence-corrected chi connectivity index (χ4v) is 2.06. The number of aryl methyl sites for hydroxylation is 1. The number of hydrogen-bond acceptors (Lipinski definition) is 7. The van der Waals surface area contributed by atoms with Crippen molar-refractivity contribution in [3.05, 3.63) is 52.4 Å². The number of hydrogen-bond donors (Lipinski definition) is 2. The van der Waals surface area contributed by atoms with Crippen molar-refractivity contribution in [1.82, 2.24) is 15.7 Å². The molecule has 0 spiro atoms. The van der Waals surface area contributed by atoms with Gasteiger partial charge in [-0.25, -0.2) is 10.1 Å². The summed E-state index contributed by atoms with van der Waals surface area (Å²) in [6.07, 6.45) is 1.35. The van der Waals surface area contributed by atoms with Gasteiger partial charge in [-0.3, -0.25) is 4.79 Å². The number of aromatic nitrogens is 2. The quantitative estimate of drug-likeness (QED) is 0.554. The maximum Gasteiger partial charge on any atom is 0.297 e. The number of carbonyl (C=O) groups excluding carboxylic acids is 1. The molecule has 0 aliphatic heterocycles. The van der Waals surface area contributed by atoms with Crippen LogP contribution in [0.3, 0.4) is 0 Å². The topological polar surface area (TPSA) is 120 Å². The predicted molar refractivity (Wildman–Crippen MR) is 87.7 cm³/mol. The van der Waals surface area contributed by atoms with E-state index in [1.54, 1.807) is 12.1 Å². The number of halogens is 1. The van der Waals surface area contributed by atoms with Crippen LogP contribution >= 0.6 is 11.6 Å². The van der Waals surface area contributed by atoms with E-state index in [9.17, 15) is 4.79 Å². The van der Waals surface area contributed by atoms with Crippen molar-refractivity contribution in [3.63, 3.8) is 0 Å². The minimum atomic E-state index is -0.637. The molecule has 0 unspecified atom stereocenters. The lowest BCUT2D eigenvalue weighted by atomic mass is 10.1. The third kappa shape index (κ3) is 3.28. The summed E-state index contributed by atoms with van der Waals surface area (Å²) in [7, 11) is 0. The number of carbonyl (C=O) groups is 1. The average molecular weight is 346 g/mol. The zero-order valence-corrected chi connectivity index (χ0v) is 13.2. The Bertz CT molecular complexity index is 915. The van der Waals surface area contributed by atoms with Gasteiger partial charge in [0.25, 0.3) is 5.91 Å². The summed E-state index contributed by atoms with van der Waals surface area (Å²) in [6.45, 7) is 1.92. The van der Waals surface area contributed by atoms with E-state index < -0.39 is 5.91 Å². The van der Waals surface area contributed by atoms with Gasteiger partial charge in [-0.1, -0.05) is 23.7 Å². The zero-order valence-electron chi connectivity index (χ0n) is 12.5. The van der Waals surface area contributed by atoms with Gasteiger partial charge in [-0.2, -0.15) is 5.10 Å². The smallest absolute Gasteiger partial charge is 0.297 e. The van der Waals surface area contributed by atoms with Crippen molar-refractivity contribution in [2.45, 2.75) is 6.92 Å². The molecule has 24 heavy (non-hydrogen) atoms. The molecule has 8 nitrogen and oxygen atoms in total. The third-order valence-electron chi connectivity index (χ3n) is 3.17. The molecule has 0 saturated heterocycles. The van der Waals surface area contributed by atoms with Crippen LogP contribution in [-0.2, 0) is 0 Å². The van der Waals surface area contributed by atoms with Gasteiger partial charge >= 0.3 is 0 Å². The molecular formula is C15H12ClN5O3. The highest BCUT2D eigenvalue weighted by atomic mass is 35.5. The molecule has 0 fully saturated rings. The fourth-order valence-electron chi connectivity index (χ4n) is 1.88. The first kappa shape index (κ1) is 15.8. The first-order valence-corrected chi connectivity index (χ1v) is 7.20. The first-order valence-electron chi connectivity index (χ1n) is 6.82. The van der Waals surface area contributed by atoms with E-state index >= 15 is 0 Å². The molecule has 0 aliphatic carbocycles. The Balaban J connectivity index is 1.68. The van der Waals surface area contributed by atoms with Crippen LogP contribution in [0.25, 0.3) is 11.3 Å². The van der Waals surface area contributed by atoms with Gasteiger partial charge in [0.2, 0.25) is 11.5 Å². The van der Waals surface area contributed by atoms with Gasteiger partial charge in [0.15, 0.2) is 0 Å². The van der Waals surface area contributed by atoms with E-state index in [-0.39, 0.29) is 11.5 Å². The molecule has 0 radical (unpaired) electrons. The maximum absolute atomic E-state index is 11.7. The number of amides is 1. The lowest BCUT2D eigenvalue weighted by molar-refractivity contribution is 0.0946. The van der Waals surface area contributed by atoms with Crippen LogP contribution in [0.1, 0.15) is 21.8 Å². The monoisotopic (exact) mass is 345 g/mol. The minimum Gasteiger partial charge on any atom is -0.455 e. The summed E-state index contributed by atoms with van der Waals surface area (Å²) in [5, 5.41) is 11.1. The zero-order chi connectivity index (χ0) is 17.1. The van der Waals surface area contributed by atoms with Gasteiger partial charge in [-0.15, -0.1) is 0 Å². The number of nitrogens with one attached hydrogen (secondary N) is 1. The molecule has 0 saturated carbocycles. The van der Waals surface area contributed by atoms with Gasteiger partial charge in [-0.05, 0) is 41.0 Å². The second kappa shape index (κ2) is 6.55. The van der Waals surface area contributed by atoms with Gasteiger partial charge in [0.1, 0.15) is 11.5 Å². The SMILES string of the molecule is Cc1ccc(-c2ccc(/C=N\NC(=O)c3nonc3N)o2)cc1Cl. The van der Waals surface area contributed by atoms with Crippen molar-refractivity contribution in [3.8, 4) is 11.3 Å². The van der Waals surface area contributed by atoms with Crippen molar-refractivity contribution in [2.75, 3.05) is 5.73 Å². The number of anilines is 1. The van der Waals surface area contributed by atoms with Crippen molar-refractivity contribution in [1.29, 1.82) is 0 Å². The highest BCUT2D eigenvalue weighted by Crippen LogP contribution is 2.26. The summed E-state index contributed by atoms with van der Waals surface area (Å²) in [5.41, 5.74) is 9.34. The lowest BCUT2D eigenvalue weighted by Crippen LogP contribution is -2.19. The number of nitrogens with two attached hydrogens (primary N) is 1. The van der Waals surface area contributed by atoms with Crippen molar-refractivity contribution < 1.29 is 13.8 Å². The van der Waals surface area contributed by atoms with E-state index in [4.69, 9.17) is 21.8 Å². The van der Waals surface area contributed by atoms with E-state index in [0.717, 1.165) is 11.1 Å². The molecule has 9 heteroatoms. The standard InChI is InChI=1S/C15H12ClN5O3/c1-8-2-3-9(6-11(8)16)12-5-4-10(23-12)7-18-19-15(22)13-14(17)21-24-20-13/h2-7H,1H3,(H2,17,21)(H,19,22)/b18-7-. The Hall–Kier alpha value is -3.13. The number of nitrogens with zero attached hydrogens (tertiary/aromatic N) is 3. The second-order valence-corrected chi connectivity index (χ2v) is 5.27. The molecule has 0 atom stereocenters. The number of rotatable bonds is 4. The van der Waals surface area contributed by atoms with Crippen LogP contribution in [0.15, 0.2) is 44.5 Å². The fraction of sp³-hybridized carbons (Fsp3) is 0.0667. The highest BCUT2D eigenvalue weighted by Gasteiger charge is 2.15. The van der Waals surface area contributed by atoms with Crippen molar-refractivity contribution >= 4 is 29.5 Å². The predicted octanol–water partition coefficient (Wildman–Crippen LogP) is 2.64. The van der Waals surface area contributed by atoms with Gasteiger partial charge in [0, 0.05) is 10.6 Å². The lowest BCUT2D eigenvalue weighted by Gasteiger charge is -2.00. The highest BCUT2D eigenvalue weighted by molar-refractivity contribution is 6.31. The van der Waals surface area contributed by atoms with E-state index in [1.165, 1.54) is 6.21 Å². The summed E-state index contributed by atoms with van der Waals surface area (Å²) in [6, 6.07) is 9.13. The Morgan fingerprint density at radius 2 is 2.17 bits per heavy atom. The summed E-state index contributed by atoms with van der Waals surface area (Å²) >= 11 is 6.11. The third-order valence-corrected chi connectivity index (χ3v) is 3.58. The number of nitrogen functional groups attached to an aromatic ring is 1. The Kier molecular flexibility index (Phi) is 4.30. The Morgan fingerprint density at radius 3 is 2.88 bits per heavy atom. The van der Waals surface area contributed by atoms with Crippen LogP contribution < -0.4 is 11.2 Å². The van der Waals surface area contributed by atoms with Crippen LogP contribution in [0.4, 0.5) is 5.82 Å². The van der Waals surface area contributed by atoms with Crippen LogP contribution in [0.2, 0.25) is 5.02 Å². The molecule has 0 aliphatic rings. The van der Waals surface area contributed by atoms with Crippen LogP contribution in [0.5, 0.6) is 0 Å². The average Bonchev–Trinajstić information content (AvgIpc) is 3.19. The van der Waals surface area contributed by atoms with E-state index in [2.05, 4.69) is 25.5 Å². The maximum atomic E-state index is 11.7. The molecule has 0 bridgehead atoms. The molecule has 3 N–H and O–H groups in total.